The van der Waals surface area contributed by atoms with Gasteiger partial charge in [0.05, 0.1) is 11.5 Å². The fourth-order valence-electron chi connectivity index (χ4n) is 3.19. The van der Waals surface area contributed by atoms with Gasteiger partial charge in [0, 0.05) is 23.0 Å². The Morgan fingerprint density at radius 1 is 1.28 bits per heavy atom. The predicted octanol–water partition coefficient (Wildman–Crippen LogP) is 1.72. The van der Waals surface area contributed by atoms with Gasteiger partial charge in [0.1, 0.15) is 0 Å². The highest BCUT2D eigenvalue weighted by molar-refractivity contribution is 9.10. The van der Waals surface area contributed by atoms with Crippen molar-refractivity contribution in [3.8, 4) is 0 Å². The van der Waals surface area contributed by atoms with E-state index in [1.807, 2.05) is 18.2 Å². The summed E-state index contributed by atoms with van der Waals surface area (Å²) < 4.78 is 24.5. The second kappa shape index (κ2) is 4.32. The van der Waals surface area contributed by atoms with Crippen LogP contribution in [0.1, 0.15) is 12.0 Å². The summed E-state index contributed by atoms with van der Waals surface area (Å²) in [4.78, 5) is 0. The van der Waals surface area contributed by atoms with Crippen molar-refractivity contribution < 1.29 is 8.42 Å². The summed E-state index contributed by atoms with van der Waals surface area (Å²) >= 11 is 3.61. The van der Waals surface area contributed by atoms with Crippen LogP contribution in [0.15, 0.2) is 28.7 Å². The average Bonchev–Trinajstić information content (AvgIpc) is 2.60. The minimum atomic E-state index is -2.82. The van der Waals surface area contributed by atoms with E-state index in [2.05, 4.69) is 27.3 Å². The lowest BCUT2D eigenvalue weighted by molar-refractivity contribution is 0.189. The zero-order valence-corrected chi connectivity index (χ0v) is 12.4. The minimum absolute atomic E-state index is 0.00363. The van der Waals surface area contributed by atoms with Gasteiger partial charge in [-0.3, -0.25) is 0 Å². The fourth-order valence-corrected chi connectivity index (χ4v) is 5.78. The van der Waals surface area contributed by atoms with Gasteiger partial charge in [0.25, 0.3) is 0 Å². The molecular formula is C13H16BrNO2S. The minimum Gasteiger partial charge on any atom is -0.315 e. The number of sulfone groups is 1. The number of hydrogen-bond acceptors (Lipinski definition) is 3. The third-order valence-corrected chi connectivity index (χ3v) is 6.76. The van der Waals surface area contributed by atoms with Crippen LogP contribution in [0.25, 0.3) is 0 Å². The van der Waals surface area contributed by atoms with Crippen LogP contribution >= 0.6 is 15.9 Å². The van der Waals surface area contributed by atoms with Crippen LogP contribution in [0.2, 0.25) is 0 Å². The Kier molecular flexibility index (Phi) is 3.03. The van der Waals surface area contributed by atoms with Crippen LogP contribution < -0.4 is 5.32 Å². The molecule has 2 heterocycles. The highest BCUT2D eigenvalue weighted by atomic mass is 79.9. The van der Waals surface area contributed by atoms with E-state index in [-0.39, 0.29) is 11.3 Å². The molecule has 2 aliphatic rings. The second-order valence-corrected chi connectivity index (χ2v) is 8.42. The third-order valence-electron chi connectivity index (χ3n) is 4.31. The zero-order chi connectivity index (χ0) is 12.8. The highest BCUT2D eigenvalue weighted by Gasteiger charge is 2.50. The smallest absolute Gasteiger partial charge is 0.150 e. The summed E-state index contributed by atoms with van der Waals surface area (Å²) in [5, 5.41) is 3.32. The Morgan fingerprint density at radius 2 is 2.00 bits per heavy atom. The largest absolute Gasteiger partial charge is 0.315 e. The van der Waals surface area contributed by atoms with Crippen molar-refractivity contribution in [2.45, 2.75) is 11.8 Å². The van der Waals surface area contributed by atoms with Crippen molar-refractivity contribution in [2.75, 3.05) is 24.6 Å². The fraction of sp³-hybridized carbons (Fsp3) is 0.538. The molecule has 0 saturated carbocycles. The summed E-state index contributed by atoms with van der Waals surface area (Å²) in [6.45, 7) is 1.77. The molecule has 98 valence electrons. The van der Waals surface area contributed by atoms with E-state index >= 15 is 0 Å². The lowest BCUT2D eigenvalue weighted by atomic mass is 9.66. The molecule has 3 rings (SSSR count). The Balaban J connectivity index is 1.99. The second-order valence-electron chi connectivity index (χ2n) is 5.34. The molecule has 0 aliphatic carbocycles. The first kappa shape index (κ1) is 12.6. The molecule has 5 heteroatoms. The molecule has 1 aromatic rings. The van der Waals surface area contributed by atoms with Crippen molar-refractivity contribution in [1.82, 2.24) is 5.32 Å². The number of rotatable bonds is 2. The standard InChI is InChI=1S/C13H16BrNO2S/c14-12-4-2-1-3-11(12)13(8-15-9-13)10-5-6-18(16,17)7-10/h1-4,10,15H,5-9H2. The highest BCUT2D eigenvalue weighted by Crippen LogP contribution is 2.44. The maximum atomic E-state index is 11.7. The molecule has 0 aromatic heterocycles. The van der Waals surface area contributed by atoms with E-state index in [1.54, 1.807) is 0 Å². The summed E-state index contributed by atoms with van der Waals surface area (Å²) in [7, 11) is -2.82. The Morgan fingerprint density at radius 3 is 2.50 bits per heavy atom. The number of hydrogen-bond donors (Lipinski definition) is 1. The van der Waals surface area contributed by atoms with Gasteiger partial charge in [0.2, 0.25) is 0 Å². The molecule has 2 saturated heterocycles. The van der Waals surface area contributed by atoms with E-state index in [0.29, 0.717) is 11.5 Å². The normalized spacial score (nSPS) is 28.8. The first-order valence-corrected chi connectivity index (χ1v) is 8.81. The lowest BCUT2D eigenvalue weighted by Crippen LogP contribution is -2.61. The summed E-state index contributed by atoms with van der Waals surface area (Å²) in [6.07, 6.45) is 0.797. The average molecular weight is 330 g/mol. The van der Waals surface area contributed by atoms with E-state index in [1.165, 1.54) is 5.56 Å². The van der Waals surface area contributed by atoms with Crippen LogP contribution in [-0.2, 0) is 15.3 Å². The van der Waals surface area contributed by atoms with Crippen molar-refractivity contribution >= 4 is 25.8 Å². The first-order valence-electron chi connectivity index (χ1n) is 6.20. The van der Waals surface area contributed by atoms with E-state index in [4.69, 9.17) is 0 Å². The molecule has 18 heavy (non-hydrogen) atoms. The summed E-state index contributed by atoms with van der Waals surface area (Å²) in [5.41, 5.74) is 1.26. The summed E-state index contributed by atoms with van der Waals surface area (Å²) in [5.74, 6) is 0.947. The van der Waals surface area contributed by atoms with Gasteiger partial charge < -0.3 is 5.32 Å². The molecule has 0 amide bonds. The van der Waals surface area contributed by atoms with Gasteiger partial charge in [-0.2, -0.15) is 0 Å². The topological polar surface area (TPSA) is 46.2 Å². The molecule has 0 spiro atoms. The van der Waals surface area contributed by atoms with Crippen LogP contribution in [0.3, 0.4) is 0 Å². The predicted molar refractivity (Wildman–Crippen MR) is 75.5 cm³/mol. The molecule has 1 aromatic carbocycles. The van der Waals surface area contributed by atoms with Crippen LogP contribution in [0.4, 0.5) is 0 Å². The van der Waals surface area contributed by atoms with E-state index < -0.39 is 9.84 Å². The van der Waals surface area contributed by atoms with Gasteiger partial charge in [-0.15, -0.1) is 0 Å². The number of halogens is 1. The van der Waals surface area contributed by atoms with E-state index in [9.17, 15) is 8.42 Å². The molecule has 3 nitrogen and oxygen atoms in total. The zero-order valence-electron chi connectivity index (χ0n) is 10.0. The maximum Gasteiger partial charge on any atom is 0.150 e. The van der Waals surface area contributed by atoms with Crippen LogP contribution in [0.5, 0.6) is 0 Å². The van der Waals surface area contributed by atoms with Gasteiger partial charge in [-0.05, 0) is 24.0 Å². The van der Waals surface area contributed by atoms with Crippen molar-refractivity contribution in [3.63, 3.8) is 0 Å². The third kappa shape index (κ3) is 1.92. The molecule has 2 aliphatic heterocycles. The van der Waals surface area contributed by atoms with Gasteiger partial charge >= 0.3 is 0 Å². The Bertz CT molecular complexity index is 566. The quantitative estimate of drug-likeness (QED) is 0.898. The van der Waals surface area contributed by atoms with Gasteiger partial charge in [-0.25, -0.2) is 8.42 Å². The van der Waals surface area contributed by atoms with Crippen LogP contribution in [0, 0.1) is 5.92 Å². The molecule has 1 N–H and O–H groups in total. The van der Waals surface area contributed by atoms with Crippen molar-refractivity contribution in [3.05, 3.63) is 34.3 Å². The molecule has 1 atom stereocenters. The van der Waals surface area contributed by atoms with Crippen molar-refractivity contribution in [2.24, 2.45) is 5.92 Å². The van der Waals surface area contributed by atoms with Gasteiger partial charge in [-0.1, -0.05) is 34.1 Å². The number of benzene rings is 1. The monoisotopic (exact) mass is 329 g/mol. The summed E-state index contributed by atoms with van der Waals surface area (Å²) in [6, 6.07) is 8.19. The van der Waals surface area contributed by atoms with Crippen LogP contribution in [-0.4, -0.2) is 33.0 Å². The molecule has 1 unspecified atom stereocenters. The van der Waals surface area contributed by atoms with Crippen molar-refractivity contribution in [1.29, 1.82) is 0 Å². The SMILES string of the molecule is O=S1(=O)CCC(C2(c3ccccc3Br)CNC2)C1. The molecule has 2 fully saturated rings. The lowest BCUT2D eigenvalue weighted by Gasteiger charge is -2.48. The molecular weight excluding hydrogens is 314 g/mol. The van der Waals surface area contributed by atoms with E-state index in [0.717, 1.165) is 24.0 Å². The number of nitrogens with one attached hydrogen (secondary N) is 1. The maximum absolute atomic E-state index is 11.7. The first-order chi connectivity index (χ1) is 8.54. The Labute approximate surface area is 116 Å². The Hall–Kier alpha value is -0.390. The van der Waals surface area contributed by atoms with Gasteiger partial charge in [0.15, 0.2) is 9.84 Å². The molecule has 0 bridgehead atoms. The molecule has 0 radical (unpaired) electrons.